The van der Waals surface area contributed by atoms with Gasteiger partial charge < -0.3 is 0 Å². The molecule has 0 saturated heterocycles. The summed E-state index contributed by atoms with van der Waals surface area (Å²) in [4.78, 5) is 11.8. The van der Waals surface area contributed by atoms with Crippen molar-refractivity contribution in [3.05, 3.63) is 64.2 Å². The highest BCUT2D eigenvalue weighted by atomic mass is 19.4. The molecule has 1 amide bonds. The van der Waals surface area contributed by atoms with E-state index >= 15 is 0 Å². The van der Waals surface area contributed by atoms with E-state index in [1.165, 1.54) is 6.07 Å². The Balaban J connectivity index is 2.30. The molecule has 28 heavy (non-hydrogen) atoms. The second kappa shape index (κ2) is 7.34. The Morgan fingerprint density at radius 3 is 1.96 bits per heavy atom. The predicted molar refractivity (Wildman–Crippen MR) is 78.6 cm³/mol. The summed E-state index contributed by atoms with van der Waals surface area (Å²) in [6.45, 7) is 0. The first-order chi connectivity index (χ1) is 12.8. The lowest BCUT2D eigenvalue weighted by atomic mass is 10.1. The standard InChI is InChI=1S/C16H7F8N3O/c17-10-4-8(15(19,20)21)5-11(18)13(10)14(28)27-26-12-2-1-7(6-25)3-9(12)16(22,23)24/h1-5,26H,(H,27,28). The zero-order valence-electron chi connectivity index (χ0n) is 13.3. The molecule has 0 radical (unpaired) electrons. The number of rotatable bonds is 3. The summed E-state index contributed by atoms with van der Waals surface area (Å²) in [6.07, 6.45) is -10.0. The number of nitrogens with zero attached hydrogens (tertiary/aromatic N) is 1. The molecule has 0 aromatic heterocycles. The van der Waals surface area contributed by atoms with Crippen LogP contribution in [-0.4, -0.2) is 5.91 Å². The van der Waals surface area contributed by atoms with E-state index in [4.69, 9.17) is 5.26 Å². The minimum absolute atomic E-state index is 0.124. The molecule has 148 valence electrons. The topological polar surface area (TPSA) is 64.9 Å². The third-order valence-electron chi connectivity index (χ3n) is 3.36. The van der Waals surface area contributed by atoms with Gasteiger partial charge in [-0.1, -0.05) is 0 Å². The molecule has 12 heteroatoms. The molecule has 0 aliphatic rings. The third-order valence-corrected chi connectivity index (χ3v) is 3.36. The average molecular weight is 409 g/mol. The molecule has 0 atom stereocenters. The normalized spacial score (nSPS) is 11.7. The second-order valence-corrected chi connectivity index (χ2v) is 5.26. The molecule has 4 nitrogen and oxygen atoms in total. The van der Waals surface area contributed by atoms with Gasteiger partial charge in [-0.15, -0.1) is 0 Å². The summed E-state index contributed by atoms with van der Waals surface area (Å²) >= 11 is 0. The number of carbonyl (C=O) groups excluding carboxylic acids is 1. The molecule has 2 N–H and O–H groups in total. The van der Waals surface area contributed by atoms with Gasteiger partial charge in [-0.25, -0.2) is 8.78 Å². The van der Waals surface area contributed by atoms with Crippen molar-refractivity contribution in [2.24, 2.45) is 0 Å². The van der Waals surface area contributed by atoms with E-state index < -0.39 is 52.3 Å². The zero-order chi connectivity index (χ0) is 21.3. The maximum Gasteiger partial charge on any atom is 0.418 e. The molecular formula is C16H7F8N3O. The number of halogens is 8. The van der Waals surface area contributed by atoms with Crippen molar-refractivity contribution < 1.29 is 39.9 Å². The molecule has 0 heterocycles. The molecule has 0 saturated carbocycles. The van der Waals surface area contributed by atoms with E-state index in [-0.39, 0.29) is 17.7 Å². The monoisotopic (exact) mass is 409 g/mol. The highest BCUT2D eigenvalue weighted by Gasteiger charge is 2.35. The largest absolute Gasteiger partial charge is 0.418 e. The van der Waals surface area contributed by atoms with Gasteiger partial charge in [-0.05, 0) is 30.3 Å². The fourth-order valence-electron chi connectivity index (χ4n) is 2.10. The maximum atomic E-state index is 13.7. The van der Waals surface area contributed by atoms with Gasteiger partial charge in [0.2, 0.25) is 0 Å². The van der Waals surface area contributed by atoms with Gasteiger partial charge in [0.1, 0.15) is 17.2 Å². The van der Waals surface area contributed by atoms with Gasteiger partial charge in [-0.3, -0.25) is 15.6 Å². The predicted octanol–water partition coefficient (Wildman–Crippen LogP) is 4.63. The first-order valence-corrected chi connectivity index (χ1v) is 7.08. The van der Waals surface area contributed by atoms with Crippen LogP contribution in [0.3, 0.4) is 0 Å². The van der Waals surface area contributed by atoms with Crippen LogP contribution in [0.4, 0.5) is 40.8 Å². The van der Waals surface area contributed by atoms with Crippen LogP contribution in [0.5, 0.6) is 0 Å². The molecular weight excluding hydrogens is 402 g/mol. The summed E-state index contributed by atoms with van der Waals surface area (Å²) in [5.41, 5.74) is -2.22. The zero-order valence-corrected chi connectivity index (χ0v) is 13.3. The Bertz CT molecular complexity index is 937. The van der Waals surface area contributed by atoms with E-state index in [9.17, 15) is 39.9 Å². The highest BCUT2D eigenvalue weighted by Crippen LogP contribution is 2.35. The van der Waals surface area contributed by atoms with Crippen LogP contribution in [-0.2, 0) is 12.4 Å². The molecule has 0 aliphatic carbocycles. The first kappa shape index (κ1) is 20.9. The number of amides is 1. The van der Waals surface area contributed by atoms with Crippen molar-refractivity contribution in [3.63, 3.8) is 0 Å². The number of hydrazine groups is 1. The Morgan fingerprint density at radius 1 is 0.929 bits per heavy atom. The number of carbonyl (C=O) groups is 1. The van der Waals surface area contributed by atoms with Gasteiger partial charge >= 0.3 is 12.4 Å². The molecule has 0 fully saturated rings. The van der Waals surface area contributed by atoms with Crippen LogP contribution in [0.25, 0.3) is 0 Å². The minimum Gasteiger partial charge on any atom is -0.298 e. The average Bonchev–Trinajstić information content (AvgIpc) is 2.57. The van der Waals surface area contributed by atoms with Crippen LogP contribution in [0.2, 0.25) is 0 Å². The van der Waals surface area contributed by atoms with Crippen LogP contribution >= 0.6 is 0 Å². The van der Waals surface area contributed by atoms with Crippen molar-refractivity contribution in [2.45, 2.75) is 12.4 Å². The second-order valence-electron chi connectivity index (χ2n) is 5.26. The Labute approximate surface area is 151 Å². The van der Waals surface area contributed by atoms with E-state index in [1.54, 1.807) is 10.9 Å². The summed E-state index contributed by atoms with van der Waals surface area (Å²) in [5.74, 6) is -5.37. The van der Waals surface area contributed by atoms with Crippen LogP contribution in [0, 0.1) is 23.0 Å². The van der Waals surface area contributed by atoms with E-state index in [0.717, 1.165) is 12.1 Å². The number of hydrogen-bond donors (Lipinski definition) is 2. The maximum absolute atomic E-state index is 13.7. The molecule has 0 aliphatic heterocycles. The van der Waals surface area contributed by atoms with Crippen LogP contribution in [0.1, 0.15) is 27.0 Å². The fraction of sp³-hybridized carbons (Fsp3) is 0.125. The van der Waals surface area contributed by atoms with Gasteiger partial charge in [0.05, 0.1) is 28.4 Å². The SMILES string of the molecule is N#Cc1ccc(NNC(=O)c2c(F)cc(C(F)(F)F)cc2F)c(C(F)(F)F)c1. The van der Waals surface area contributed by atoms with Gasteiger partial charge in [0, 0.05) is 0 Å². The van der Waals surface area contributed by atoms with Crippen molar-refractivity contribution in [2.75, 3.05) is 5.43 Å². The lowest BCUT2D eigenvalue weighted by Crippen LogP contribution is -2.32. The fourth-order valence-corrected chi connectivity index (χ4v) is 2.10. The summed E-state index contributed by atoms with van der Waals surface area (Å²) in [7, 11) is 0. The number of benzene rings is 2. The number of anilines is 1. The Hall–Kier alpha value is -3.36. The Morgan fingerprint density at radius 2 is 1.50 bits per heavy atom. The van der Waals surface area contributed by atoms with Crippen LogP contribution < -0.4 is 10.9 Å². The van der Waals surface area contributed by atoms with E-state index in [0.29, 0.717) is 6.07 Å². The van der Waals surface area contributed by atoms with Crippen molar-refractivity contribution in [1.82, 2.24) is 5.43 Å². The van der Waals surface area contributed by atoms with Gasteiger partial charge in [-0.2, -0.15) is 31.6 Å². The number of hydrogen-bond acceptors (Lipinski definition) is 3. The summed E-state index contributed by atoms with van der Waals surface area (Å²) < 4.78 is 104. The minimum atomic E-state index is -5.07. The molecule has 2 aromatic carbocycles. The molecule has 2 rings (SSSR count). The van der Waals surface area contributed by atoms with Gasteiger partial charge in [0.15, 0.2) is 0 Å². The number of alkyl halides is 6. The van der Waals surface area contributed by atoms with E-state index in [1.807, 2.05) is 0 Å². The lowest BCUT2D eigenvalue weighted by Gasteiger charge is -2.16. The Kier molecular flexibility index (Phi) is 5.49. The molecule has 2 aromatic rings. The highest BCUT2D eigenvalue weighted by molar-refractivity contribution is 5.95. The summed E-state index contributed by atoms with van der Waals surface area (Å²) in [6, 6.07) is 3.46. The van der Waals surface area contributed by atoms with Crippen LogP contribution in [0.15, 0.2) is 30.3 Å². The van der Waals surface area contributed by atoms with Crippen molar-refractivity contribution >= 4 is 11.6 Å². The number of nitriles is 1. The van der Waals surface area contributed by atoms with Gasteiger partial charge in [0.25, 0.3) is 5.91 Å². The smallest absolute Gasteiger partial charge is 0.298 e. The van der Waals surface area contributed by atoms with Crippen molar-refractivity contribution in [1.29, 1.82) is 5.26 Å². The van der Waals surface area contributed by atoms with Crippen molar-refractivity contribution in [3.8, 4) is 6.07 Å². The summed E-state index contributed by atoms with van der Waals surface area (Å²) in [5, 5.41) is 8.66. The third kappa shape index (κ3) is 4.48. The quantitative estimate of drug-likeness (QED) is 0.574. The molecule has 0 spiro atoms. The molecule has 0 unspecified atom stereocenters. The first-order valence-electron chi connectivity index (χ1n) is 7.08. The van der Waals surface area contributed by atoms with E-state index in [2.05, 4.69) is 0 Å². The molecule has 0 bridgehead atoms. The lowest BCUT2D eigenvalue weighted by molar-refractivity contribution is -0.138. The number of nitrogens with one attached hydrogen (secondary N) is 2.